The standard InChI is InChI=1S/C22H25NO7S/c1-28-11-12-7-15-19(21(26)23(20(15)25)9-14-3-2-6-31-14)16-8-18(30-22(12,16)27)17-5-4-13(10-24)29-17/h2-6,12,15-16,18-19,24,27H,7-11H2,1H3/t12-,15+,16+,18+,19+,22-/m1/s1. The van der Waals surface area contributed by atoms with Gasteiger partial charge in [0.05, 0.1) is 25.0 Å². The maximum absolute atomic E-state index is 13.4. The smallest absolute Gasteiger partial charge is 0.233 e. The van der Waals surface area contributed by atoms with Crippen molar-refractivity contribution in [1.82, 2.24) is 4.90 Å². The Kier molecular flexibility index (Phi) is 5.26. The summed E-state index contributed by atoms with van der Waals surface area (Å²) >= 11 is 1.50. The Balaban J connectivity index is 1.47. The monoisotopic (exact) mass is 447 g/mol. The molecule has 1 aliphatic carbocycles. The van der Waals surface area contributed by atoms with Crippen molar-refractivity contribution in [2.24, 2.45) is 23.7 Å². The largest absolute Gasteiger partial charge is 0.461 e. The van der Waals surface area contributed by atoms with Crippen LogP contribution in [0.25, 0.3) is 0 Å². The van der Waals surface area contributed by atoms with Gasteiger partial charge in [-0.3, -0.25) is 14.5 Å². The molecule has 2 saturated heterocycles. The quantitative estimate of drug-likeness (QED) is 0.653. The number of hydrogen-bond acceptors (Lipinski definition) is 8. The molecule has 0 unspecified atom stereocenters. The lowest BCUT2D eigenvalue weighted by Gasteiger charge is -2.44. The zero-order valence-electron chi connectivity index (χ0n) is 17.1. The second-order valence-electron chi connectivity index (χ2n) is 8.52. The van der Waals surface area contributed by atoms with Gasteiger partial charge in [-0.05, 0) is 36.4 Å². The molecule has 5 rings (SSSR count). The number of imide groups is 1. The molecule has 9 heteroatoms. The highest BCUT2D eigenvalue weighted by atomic mass is 32.1. The third kappa shape index (κ3) is 3.27. The van der Waals surface area contributed by atoms with Gasteiger partial charge in [0.15, 0.2) is 5.79 Å². The van der Waals surface area contributed by atoms with Crippen molar-refractivity contribution in [2.45, 2.75) is 37.9 Å². The third-order valence-electron chi connectivity index (χ3n) is 6.87. The van der Waals surface area contributed by atoms with Crippen LogP contribution in [0, 0.1) is 23.7 Å². The normalized spacial score (nSPS) is 34.9. The number of aliphatic hydroxyl groups excluding tert-OH is 1. The van der Waals surface area contributed by atoms with Crippen LogP contribution < -0.4 is 0 Å². The van der Waals surface area contributed by atoms with E-state index >= 15 is 0 Å². The highest BCUT2D eigenvalue weighted by molar-refractivity contribution is 7.09. The van der Waals surface area contributed by atoms with Gasteiger partial charge in [-0.1, -0.05) is 6.07 Å². The summed E-state index contributed by atoms with van der Waals surface area (Å²) in [4.78, 5) is 28.9. The van der Waals surface area contributed by atoms with Crippen LogP contribution in [-0.2, 0) is 32.2 Å². The van der Waals surface area contributed by atoms with Crippen molar-refractivity contribution in [1.29, 1.82) is 0 Å². The molecule has 2 aliphatic heterocycles. The number of rotatable bonds is 6. The van der Waals surface area contributed by atoms with E-state index in [4.69, 9.17) is 13.9 Å². The van der Waals surface area contributed by atoms with Crippen molar-refractivity contribution in [3.63, 3.8) is 0 Å². The number of hydrogen-bond donors (Lipinski definition) is 2. The van der Waals surface area contributed by atoms with Crippen molar-refractivity contribution in [3.05, 3.63) is 46.0 Å². The number of thiophene rings is 1. The van der Waals surface area contributed by atoms with Crippen LogP contribution in [0.3, 0.4) is 0 Å². The molecule has 2 aromatic heterocycles. The van der Waals surface area contributed by atoms with Crippen molar-refractivity contribution in [3.8, 4) is 0 Å². The van der Waals surface area contributed by atoms with Crippen LogP contribution >= 0.6 is 11.3 Å². The summed E-state index contributed by atoms with van der Waals surface area (Å²) in [6.45, 7) is 0.238. The summed E-state index contributed by atoms with van der Waals surface area (Å²) in [5.74, 6) is -3.26. The zero-order valence-corrected chi connectivity index (χ0v) is 17.9. The summed E-state index contributed by atoms with van der Waals surface area (Å²) in [7, 11) is 1.54. The number of aliphatic hydroxyl groups is 2. The first-order chi connectivity index (χ1) is 15.0. The Morgan fingerprint density at radius 3 is 2.77 bits per heavy atom. The van der Waals surface area contributed by atoms with E-state index in [2.05, 4.69) is 0 Å². The molecule has 1 saturated carbocycles. The molecule has 8 nitrogen and oxygen atoms in total. The van der Waals surface area contributed by atoms with Gasteiger partial charge in [0, 0.05) is 23.8 Å². The van der Waals surface area contributed by atoms with E-state index in [0.29, 0.717) is 24.4 Å². The Labute approximate surface area is 183 Å². The summed E-state index contributed by atoms with van der Waals surface area (Å²) in [5.41, 5.74) is 0. The first-order valence-corrected chi connectivity index (χ1v) is 11.3. The molecule has 2 N–H and O–H groups in total. The number of ether oxygens (including phenoxy) is 2. The van der Waals surface area contributed by atoms with E-state index in [1.807, 2.05) is 17.5 Å². The van der Waals surface area contributed by atoms with E-state index in [1.165, 1.54) is 16.2 Å². The van der Waals surface area contributed by atoms with Gasteiger partial charge < -0.3 is 24.1 Å². The van der Waals surface area contributed by atoms with E-state index in [0.717, 1.165) is 4.88 Å². The zero-order chi connectivity index (χ0) is 21.8. The van der Waals surface area contributed by atoms with Crippen LogP contribution in [0.5, 0.6) is 0 Å². The van der Waals surface area contributed by atoms with Gasteiger partial charge in [-0.2, -0.15) is 0 Å². The van der Waals surface area contributed by atoms with Crippen LogP contribution in [-0.4, -0.2) is 46.4 Å². The van der Waals surface area contributed by atoms with E-state index in [-0.39, 0.29) is 31.6 Å². The third-order valence-corrected chi connectivity index (χ3v) is 7.73. The number of carbonyl (C=O) groups is 2. The minimum absolute atomic E-state index is 0.185. The summed E-state index contributed by atoms with van der Waals surface area (Å²) in [5, 5.41) is 22.8. The van der Waals surface area contributed by atoms with Gasteiger partial charge in [-0.15, -0.1) is 11.3 Å². The van der Waals surface area contributed by atoms with Gasteiger partial charge in [0.1, 0.15) is 24.2 Å². The fourth-order valence-electron chi connectivity index (χ4n) is 5.49. The molecular weight excluding hydrogens is 422 g/mol. The minimum Gasteiger partial charge on any atom is -0.461 e. The maximum atomic E-state index is 13.4. The fraction of sp³-hybridized carbons (Fsp3) is 0.545. The average Bonchev–Trinajstić information content (AvgIpc) is 3.53. The Morgan fingerprint density at radius 2 is 2.10 bits per heavy atom. The Bertz CT molecular complexity index is 972. The first-order valence-electron chi connectivity index (χ1n) is 10.4. The van der Waals surface area contributed by atoms with Gasteiger partial charge in [0.2, 0.25) is 11.8 Å². The molecule has 31 heavy (non-hydrogen) atoms. The highest BCUT2D eigenvalue weighted by Crippen LogP contribution is 2.58. The number of carbonyl (C=O) groups excluding carboxylic acids is 2. The van der Waals surface area contributed by atoms with E-state index in [9.17, 15) is 19.8 Å². The van der Waals surface area contributed by atoms with Gasteiger partial charge >= 0.3 is 0 Å². The predicted octanol–water partition coefficient (Wildman–Crippen LogP) is 2.07. The van der Waals surface area contributed by atoms with Crippen LogP contribution in [0.2, 0.25) is 0 Å². The second kappa shape index (κ2) is 7.83. The predicted molar refractivity (Wildman–Crippen MR) is 108 cm³/mol. The molecule has 0 radical (unpaired) electrons. The number of furan rings is 1. The minimum atomic E-state index is -1.59. The Hall–Kier alpha value is -2.04. The number of nitrogens with zero attached hydrogens (tertiary/aromatic N) is 1. The Morgan fingerprint density at radius 1 is 1.26 bits per heavy atom. The number of methoxy groups -OCH3 is 1. The van der Waals surface area contributed by atoms with Crippen LogP contribution in [0.4, 0.5) is 0 Å². The van der Waals surface area contributed by atoms with Gasteiger partial charge in [-0.25, -0.2) is 0 Å². The molecular formula is C22H25NO7S. The lowest BCUT2D eigenvalue weighted by atomic mass is 9.64. The van der Waals surface area contributed by atoms with Crippen molar-refractivity contribution in [2.75, 3.05) is 13.7 Å². The number of amides is 2. The fourth-order valence-corrected chi connectivity index (χ4v) is 6.18. The molecule has 0 bridgehead atoms. The first kappa shape index (κ1) is 20.8. The topological polar surface area (TPSA) is 109 Å². The molecule has 6 atom stereocenters. The molecule has 4 heterocycles. The molecule has 166 valence electrons. The van der Waals surface area contributed by atoms with Crippen LogP contribution in [0.15, 0.2) is 34.1 Å². The average molecular weight is 448 g/mol. The number of likely N-dealkylation sites (tertiary alicyclic amines) is 1. The molecule has 3 fully saturated rings. The van der Waals surface area contributed by atoms with Gasteiger partial charge in [0.25, 0.3) is 0 Å². The molecule has 3 aliphatic rings. The molecule has 0 aromatic carbocycles. The van der Waals surface area contributed by atoms with E-state index in [1.54, 1.807) is 19.2 Å². The molecule has 2 aromatic rings. The van der Waals surface area contributed by atoms with Crippen LogP contribution in [0.1, 0.15) is 35.3 Å². The molecule has 0 spiro atoms. The summed E-state index contributed by atoms with van der Waals surface area (Å²) < 4.78 is 17.1. The van der Waals surface area contributed by atoms with Crippen molar-refractivity contribution < 1.29 is 33.7 Å². The lowest BCUT2D eigenvalue weighted by molar-refractivity contribution is -0.276. The van der Waals surface area contributed by atoms with Crippen molar-refractivity contribution >= 4 is 23.2 Å². The molecule has 2 amide bonds. The van der Waals surface area contributed by atoms with E-state index < -0.39 is 35.6 Å². The summed E-state index contributed by atoms with van der Waals surface area (Å²) in [6, 6.07) is 7.17. The maximum Gasteiger partial charge on any atom is 0.233 e. The number of fused-ring (bicyclic) bond motifs is 3. The second-order valence-corrected chi connectivity index (χ2v) is 9.56. The summed E-state index contributed by atoms with van der Waals surface area (Å²) in [6.07, 6.45) is 0.106. The SMILES string of the molecule is COC[C@H]1C[C@@H]2C(=O)N(Cc3cccs3)C(=O)[C@@H]2[C@@H]2C[C@@H](c3ccc(CO)o3)O[C@]12O. The lowest BCUT2D eigenvalue weighted by Crippen LogP contribution is -2.54. The highest BCUT2D eigenvalue weighted by Gasteiger charge is 2.67.